The van der Waals surface area contributed by atoms with E-state index in [0.29, 0.717) is 12.6 Å². The van der Waals surface area contributed by atoms with Gasteiger partial charge < -0.3 is 10.4 Å². The summed E-state index contributed by atoms with van der Waals surface area (Å²) in [6.45, 7) is 2.94. The molecule has 19 heavy (non-hydrogen) atoms. The zero-order valence-electron chi connectivity index (χ0n) is 10.9. The van der Waals surface area contributed by atoms with Gasteiger partial charge in [0.25, 0.3) is 0 Å². The van der Waals surface area contributed by atoms with Gasteiger partial charge in [0.1, 0.15) is 5.69 Å². The largest absolute Gasteiger partial charge is 0.477 e. The van der Waals surface area contributed by atoms with Crippen molar-refractivity contribution in [3.63, 3.8) is 0 Å². The number of hydrogen-bond acceptors (Lipinski definition) is 4. The number of aromatic nitrogens is 1. The van der Waals surface area contributed by atoms with E-state index in [2.05, 4.69) is 15.2 Å². The third-order valence-electron chi connectivity index (χ3n) is 3.88. The third-order valence-corrected chi connectivity index (χ3v) is 3.88. The lowest BCUT2D eigenvalue weighted by molar-refractivity contribution is 0.0690. The number of likely N-dealkylation sites (tertiary alicyclic amines) is 1. The van der Waals surface area contributed by atoms with Gasteiger partial charge in [0.2, 0.25) is 0 Å². The molecule has 1 aliphatic carbocycles. The fraction of sp³-hybridized carbons (Fsp3) is 0.571. The van der Waals surface area contributed by atoms with Crippen molar-refractivity contribution < 1.29 is 9.90 Å². The number of hydrogen-bond donors (Lipinski definition) is 2. The molecule has 2 heterocycles. The molecule has 5 nitrogen and oxygen atoms in total. The minimum atomic E-state index is -0.970. The molecule has 1 unspecified atom stereocenters. The highest BCUT2D eigenvalue weighted by Crippen LogP contribution is 2.29. The van der Waals surface area contributed by atoms with Crippen molar-refractivity contribution in [2.45, 2.75) is 37.9 Å². The van der Waals surface area contributed by atoms with Crippen molar-refractivity contribution in [2.75, 3.05) is 13.1 Å². The quantitative estimate of drug-likeness (QED) is 0.831. The van der Waals surface area contributed by atoms with Gasteiger partial charge in [0.15, 0.2) is 0 Å². The molecule has 5 heteroatoms. The molecule has 0 amide bonds. The molecule has 2 fully saturated rings. The lowest BCUT2D eigenvalue weighted by Gasteiger charge is -2.15. The molecule has 1 atom stereocenters. The van der Waals surface area contributed by atoms with Gasteiger partial charge in [-0.3, -0.25) is 4.90 Å². The Hall–Kier alpha value is -1.46. The normalized spacial score (nSPS) is 23.7. The molecule has 2 N–H and O–H groups in total. The highest BCUT2D eigenvalue weighted by Gasteiger charge is 2.34. The van der Waals surface area contributed by atoms with Crippen LogP contribution >= 0.6 is 0 Å². The van der Waals surface area contributed by atoms with Gasteiger partial charge in [0, 0.05) is 31.7 Å². The first-order valence-electron chi connectivity index (χ1n) is 6.89. The molecule has 1 aliphatic heterocycles. The fourth-order valence-corrected chi connectivity index (χ4v) is 2.67. The number of rotatable bonds is 5. The lowest BCUT2D eigenvalue weighted by atomic mass is 10.2. The van der Waals surface area contributed by atoms with Crippen LogP contribution in [0.3, 0.4) is 0 Å². The van der Waals surface area contributed by atoms with Crippen molar-refractivity contribution in [3.8, 4) is 0 Å². The Bertz CT molecular complexity index is 474. The molecule has 0 radical (unpaired) electrons. The van der Waals surface area contributed by atoms with Crippen LogP contribution in [0.15, 0.2) is 18.2 Å². The Labute approximate surface area is 112 Å². The molecule has 0 aromatic carbocycles. The van der Waals surface area contributed by atoms with Gasteiger partial charge >= 0.3 is 5.97 Å². The highest BCUT2D eigenvalue weighted by molar-refractivity contribution is 5.85. The summed E-state index contributed by atoms with van der Waals surface area (Å²) in [5, 5.41) is 12.4. The minimum Gasteiger partial charge on any atom is -0.477 e. The van der Waals surface area contributed by atoms with E-state index < -0.39 is 5.97 Å². The molecule has 102 valence electrons. The van der Waals surface area contributed by atoms with Crippen LogP contribution in [0, 0.1) is 0 Å². The van der Waals surface area contributed by atoms with Crippen LogP contribution in [-0.4, -0.2) is 46.1 Å². The van der Waals surface area contributed by atoms with E-state index in [-0.39, 0.29) is 5.69 Å². The summed E-state index contributed by atoms with van der Waals surface area (Å²) in [6.07, 6.45) is 3.89. The Balaban J connectivity index is 1.51. The van der Waals surface area contributed by atoms with E-state index in [1.165, 1.54) is 31.9 Å². The zero-order valence-corrected chi connectivity index (χ0v) is 10.9. The van der Waals surface area contributed by atoms with Crippen molar-refractivity contribution in [1.29, 1.82) is 0 Å². The average Bonchev–Trinajstić information content (AvgIpc) is 3.16. The highest BCUT2D eigenvalue weighted by atomic mass is 16.4. The first-order chi connectivity index (χ1) is 9.22. The third kappa shape index (κ3) is 3.11. The van der Waals surface area contributed by atoms with E-state index in [1.54, 1.807) is 6.07 Å². The Morgan fingerprint density at radius 1 is 1.42 bits per heavy atom. The van der Waals surface area contributed by atoms with Gasteiger partial charge in [-0.2, -0.15) is 0 Å². The summed E-state index contributed by atoms with van der Waals surface area (Å²) < 4.78 is 0. The van der Waals surface area contributed by atoms with Gasteiger partial charge in [0.05, 0.1) is 5.69 Å². The average molecular weight is 261 g/mol. The molecule has 0 spiro atoms. The van der Waals surface area contributed by atoms with E-state index >= 15 is 0 Å². The smallest absolute Gasteiger partial charge is 0.354 e. The first kappa shape index (κ1) is 12.6. The van der Waals surface area contributed by atoms with Gasteiger partial charge in [-0.05, 0) is 31.4 Å². The lowest BCUT2D eigenvalue weighted by Crippen LogP contribution is -2.33. The molecular weight excluding hydrogens is 242 g/mol. The molecule has 2 aliphatic rings. The van der Waals surface area contributed by atoms with E-state index in [0.717, 1.165) is 18.3 Å². The second kappa shape index (κ2) is 5.27. The van der Waals surface area contributed by atoms with Crippen LogP contribution in [0.4, 0.5) is 0 Å². The summed E-state index contributed by atoms with van der Waals surface area (Å²) in [5.74, 6) is -0.970. The number of nitrogens with zero attached hydrogens (tertiary/aromatic N) is 2. The standard InChI is InChI=1S/C14H19N3O2/c18-14(19)13-3-1-2-10(16-13)8-15-11-6-7-17(9-11)12-4-5-12/h1-3,11-12,15H,4-9H2,(H,18,19). The van der Waals surface area contributed by atoms with E-state index in [4.69, 9.17) is 5.11 Å². The molecule has 3 rings (SSSR count). The predicted octanol–water partition coefficient (Wildman–Crippen LogP) is 1.11. The van der Waals surface area contributed by atoms with Crippen molar-refractivity contribution >= 4 is 5.97 Å². The number of pyridine rings is 1. The van der Waals surface area contributed by atoms with Gasteiger partial charge in [-0.15, -0.1) is 0 Å². The monoisotopic (exact) mass is 261 g/mol. The summed E-state index contributed by atoms with van der Waals surface area (Å²) in [7, 11) is 0. The second-order valence-electron chi connectivity index (χ2n) is 5.41. The maximum Gasteiger partial charge on any atom is 0.354 e. The topological polar surface area (TPSA) is 65.5 Å². The van der Waals surface area contributed by atoms with Crippen LogP contribution in [0.5, 0.6) is 0 Å². The van der Waals surface area contributed by atoms with E-state index in [1.807, 2.05) is 6.07 Å². The maximum absolute atomic E-state index is 10.8. The molecule has 1 aromatic rings. The summed E-state index contributed by atoms with van der Waals surface area (Å²) in [6, 6.07) is 6.48. The predicted molar refractivity (Wildman–Crippen MR) is 71.0 cm³/mol. The second-order valence-corrected chi connectivity index (χ2v) is 5.41. The van der Waals surface area contributed by atoms with Gasteiger partial charge in [-0.1, -0.05) is 6.07 Å². The Morgan fingerprint density at radius 3 is 3.00 bits per heavy atom. The first-order valence-corrected chi connectivity index (χ1v) is 6.89. The zero-order chi connectivity index (χ0) is 13.2. The summed E-state index contributed by atoms with van der Waals surface area (Å²) in [4.78, 5) is 17.5. The fourth-order valence-electron chi connectivity index (χ4n) is 2.67. The summed E-state index contributed by atoms with van der Waals surface area (Å²) >= 11 is 0. The van der Waals surface area contributed by atoms with Crippen LogP contribution in [0.25, 0.3) is 0 Å². The Morgan fingerprint density at radius 2 is 2.26 bits per heavy atom. The SMILES string of the molecule is O=C(O)c1cccc(CNC2CCN(C3CC3)C2)n1. The summed E-state index contributed by atoms with van der Waals surface area (Å²) in [5.41, 5.74) is 0.912. The minimum absolute atomic E-state index is 0.116. The number of carbonyl (C=O) groups is 1. The van der Waals surface area contributed by atoms with Crippen molar-refractivity contribution in [3.05, 3.63) is 29.6 Å². The van der Waals surface area contributed by atoms with Gasteiger partial charge in [-0.25, -0.2) is 9.78 Å². The molecular formula is C14H19N3O2. The molecule has 1 saturated heterocycles. The van der Waals surface area contributed by atoms with Crippen LogP contribution in [0.2, 0.25) is 0 Å². The van der Waals surface area contributed by atoms with Crippen LogP contribution in [0.1, 0.15) is 35.4 Å². The number of carboxylic acid groups (broad SMARTS) is 1. The number of nitrogens with one attached hydrogen (secondary N) is 1. The Kier molecular flexibility index (Phi) is 3.48. The maximum atomic E-state index is 10.8. The van der Waals surface area contributed by atoms with Crippen LogP contribution in [-0.2, 0) is 6.54 Å². The van der Waals surface area contributed by atoms with Crippen molar-refractivity contribution in [2.24, 2.45) is 0 Å². The van der Waals surface area contributed by atoms with Crippen LogP contribution < -0.4 is 5.32 Å². The van der Waals surface area contributed by atoms with E-state index in [9.17, 15) is 4.79 Å². The molecule has 1 aromatic heterocycles. The number of carboxylic acids is 1. The number of aromatic carboxylic acids is 1. The molecule has 1 saturated carbocycles. The van der Waals surface area contributed by atoms with Crippen molar-refractivity contribution in [1.82, 2.24) is 15.2 Å². The molecule has 0 bridgehead atoms.